The Morgan fingerprint density at radius 2 is 2.29 bits per heavy atom. The number of H-pyrrole nitrogens is 1. The zero-order chi connectivity index (χ0) is 10.8. The Labute approximate surface area is 82.4 Å². The van der Waals surface area contributed by atoms with E-state index >= 15 is 0 Å². The molecule has 3 N–H and O–H groups in total. The number of aromatic nitrogens is 2. The molecular weight excluding hydrogens is 206 g/mol. The van der Waals surface area contributed by atoms with Crippen molar-refractivity contribution < 1.29 is 13.5 Å². The second kappa shape index (κ2) is 3.68. The SMILES string of the molecule is CC(C)(CO)NS(=O)(=O)c1cnc[nH]1. The summed E-state index contributed by atoms with van der Waals surface area (Å²) in [5.41, 5.74) is -0.885. The van der Waals surface area contributed by atoms with E-state index in [2.05, 4.69) is 14.7 Å². The van der Waals surface area contributed by atoms with Crippen molar-refractivity contribution in [3.63, 3.8) is 0 Å². The summed E-state index contributed by atoms with van der Waals surface area (Å²) in [5, 5.41) is 8.89. The number of hydrogen-bond donors (Lipinski definition) is 3. The maximum absolute atomic E-state index is 11.6. The molecule has 1 aromatic rings. The lowest BCUT2D eigenvalue weighted by molar-refractivity contribution is 0.208. The summed E-state index contributed by atoms with van der Waals surface area (Å²) in [6.45, 7) is 2.89. The average molecular weight is 219 g/mol. The molecule has 0 amide bonds. The topological polar surface area (TPSA) is 95.1 Å². The molecule has 0 aliphatic rings. The van der Waals surface area contributed by atoms with E-state index in [9.17, 15) is 8.42 Å². The van der Waals surface area contributed by atoms with E-state index in [1.165, 1.54) is 12.5 Å². The lowest BCUT2D eigenvalue weighted by Gasteiger charge is -2.22. The lowest BCUT2D eigenvalue weighted by Crippen LogP contribution is -2.46. The van der Waals surface area contributed by atoms with E-state index in [1.807, 2.05) is 0 Å². The molecule has 80 valence electrons. The quantitative estimate of drug-likeness (QED) is 0.633. The first-order valence-corrected chi connectivity index (χ1v) is 5.49. The van der Waals surface area contributed by atoms with Gasteiger partial charge in [-0.3, -0.25) is 0 Å². The van der Waals surface area contributed by atoms with Crippen LogP contribution in [0.3, 0.4) is 0 Å². The third kappa shape index (κ3) is 2.53. The summed E-state index contributed by atoms with van der Waals surface area (Å²) < 4.78 is 25.5. The van der Waals surface area contributed by atoms with Crippen LogP contribution in [0.4, 0.5) is 0 Å². The number of nitrogens with zero attached hydrogens (tertiary/aromatic N) is 1. The maximum atomic E-state index is 11.6. The van der Waals surface area contributed by atoms with E-state index in [4.69, 9.17) is 5.11 Å². The van der Waals surface area contributed by atoms with Crippen molar-refractivity contribution in [3.05, 3.63) is 12.5 Å². The number of sulfonamides is 1. The number of aromatic amines is 1. The van der Waals surface area contributed by atoms with Crippen molar-refractivity contribution in [2.75, 3.05) is 6.61 Å². The van der Waals surface area contributed by atoms with E-state index in [-0.39, 0.29) is 11.6 Å². The molecule has 0 spiro atoms. The van der Waals surface area contributed by atoms with Gasteiger partial charge in [-0.25, -0.2) is 18.1 Å². The predicted molar refractivity (Wildman–Crippen MR) is 50.1 cm³/mol. The molecule has 0 atom stereocenters. The van der Waals surface area contributed by atoms with Crippen molar-refractivity contribution in [1.82, 2.24) is 14.7 Å². The molecular formula is C7H13N3O3S. The highest BCUT2D eigenvalue weighted by Crippen LogP contribution is 2.08. The second-order valence-electron chi connectivity index (χ2n) is 3.56. The Balaban J connectivity index is 2.89. The number of rotatable bonds is 4. The van der Waals surface area contributed by atoms with E-state index in [1.54, 1.807) is 13.8 Å². The standard InChI is InChI=1S/C7H13N3O3S/c1-7(2,4-11)10-14(12,13)6-3-8-5-9-6/h3,5,10-11H,4H2,1-2H3,(H,8,9). The summed E-state index contributed by atoms with van der Waals surface area (Å²) in [6, 6.07) is 0. The minimum atomic E-state index is -3.61. The molecule has 0 saturated carbocycles. The highest BCUT2D eigenvalue weighted by atomic mass is 32.2. The van der Waals surface area contributed by atoms with Gasteiger partial charge in [0, 0.05) is 0 Å². The normalized spacial score (nSPS) is 13.1. The first-order valence-electron chi connectivity index (χ1n) is 4.01. The van der Waals surface area contributed by atoms with Crippen LogP contribution in [0.15, 0.2) is 17.6 Å². The molecule has 0 unspecified atom stereocenters. The molecule has 1 aromatic heterocycles. The number of aliphatic hydroxyl groups is 1. The molecule has 0 aliphatic heterocycles. The smallest absolute Gasteiger partial charge is 0.258 e. The van der Waals surface area contributed by atoms with Crippen molar-refractivity contribution in [3.8, 4) is 0 Å². The molecule has 0 saturated heterocycles. The molecule has 0 aliphatic carbocycles. The van der Waals surface area contributed by atoms with Crippen LogP contribution in [0.5, 0.6) is 0 Å². The first-order chi connectivity index (χ1) is 6.37. The van der Waals surface area contributed by atoms with Crippen LogP contribution >= 0.6 is 0 Å². The van der Waals surface area contributed by atoms with Crippen LogP contribution < -0.4 is 4.72 Å². The number of hydrogen-bond acceptors (Lipinski definition) is 4. The number of aliphatic hydroxyl groups excluding tert-OH is 1. The van der Waals surface area contributed by atoms with E-state index in [0.29, 0.717) is 0 Å². The Hall–Kier alpha value is -0.920. The molecule has 0 radical (unpaired) electrons. The van der Waals surface area contributed by atoms with Gasteiger partial charge in [0.2, 0.25) is 0 Å². The third-order valence-corrected chi connectivity index (χ3v) is 3.19. The molecule has 1 heterocycles. The predicted octanol–water partition coefficient (Wildman–Crippen LogP) is -0.541. The van der Waals surface area contributed by atoms with Gasteiger partial charge in [0.15, 0.2) is 5.03 Å². The van der Waals surface area contributed by atoms with Gasteiger partial charge in [-0.15, -0.1) is 0 Å². The maximum Gasteiger partial charge on any atom is 0.258 e. The molecule has 0 aromatic carbocycles. The summed E-state index contributed by atoms with van der Waals surface area (Å²) in [5.74, 6) is 0. The third-order valence-electron chi connectivity index (χ3n) is 1.57. The van der Waals surface area contributed by atoms with Crippen molar-refractivity contribution in [2.45, 2.75) is 24.4 Å². The fourth-order valence-corrected chi connectivity index (χ4v) is 2.15. The van der Waals surface area contributed by atoms with Crippen LogP contribution in [-0.2, 0) is 10.0 Å². The van der Waals surface area contributed by atoms with Gasteiger partial charge in [-0.1, -0.05) is 0 Å². The van der Waals surface area contributed by atoms with Gasteiger partial charge >= 0.3 is 0 Å². The van der Waals surface area contributed by atoms with Crippen molar-refractivity contribution >= 4 is 10.0 Å². The number of imidazole rings is 1. The summed E-state index contributed by atoms with van der Waals surface area (Å²) in [4.78, 5) is 6.09. The molecule has 14 heavy (non-hydrogen) atoms. The van der Waals surface area contributed by atoms with Gasteiger partial charge in [0.1, 0.15) is 0 Å². The van der Waals surface area contributed by atoms with Crippen molar-refractivity contribution in [2.24, 2.45) is 0 Å². The minimum absolute atomic E-state index is 0.0148. The lowest BCUT2D eigenvalue weighted by atomic mass is 10.1. The van der Waals surface area contributed by atoms with Gasteiger partial charge in [-0.2, -0.15) is 0 Å². The monoisotopic (exact) mass is 219 g/mol. The Morgan fingerprint density at radius 1 is 1.64 bits per heavy atom. The molecule has 6 nitrogen and oxygen atoms in total. The highest BCUT2D eigenvalue weighted by molar-refractivity contribution is 7.89. The van der Waals surface area contributed by atoms with Gasteiger partial charge in [-0.05, 0) is 13.8 Å². The van der Waals surface area contributed by atoms with Crippen LogP contribution in [0.2, 0.25) is 0 Å². The highest BCUT2D eigenvalue weighted by Gasteiger charge is 2.26. The van der Waals surface area contributed by atoms with Crippen LogP contribution in [-0.4, -0.2) is 35.6 Å². The van der Waals surface area contributed by atoms with E-state index in [0.717, 1.165) is 0 Å². The van der Waals surface area contributed by atoms with Gasteiger partial charge < -0.3 is 10.1 Å². The fourth-order valence-electron chi connectivity index (χ4n) is 0.841. The van der Waals surface area contributed by atoms with Gasteiger partial charge in [0.05, 0.1) is 24.7 Å². The fraction of sp³-hybridized carbons (Fsp3) is 0.571. The molecule has 0 fully saturated rings. The van der Waals surface area contributed by atoms with Gasteiger partial charge in [0.25, 0.3) is 10.0 Å². The largest absolute Gasteiger partial charge is 0.394 e. The Kier molecular flexibility index (Phi) is 2.93. The Bertz CT molecular complexity index is 382. The zero-order valence-electron chi connectivity index (χ0n) is 7.98. The second-order valence-corrected chi connectivity index (χ2v) is 5.21. The van der Waals surface area contributed by atoms with Crippen molar-refractivity contribution in [1.29, 1.82) is 0 Å². The van der Waals surface area contributed by atoms with Crippen LogP contribution in [0, 0.1) is 0 Å². The summed E-state index contributed by atoms with van der Waals surface area (Å²) >= 11 is 0. The Morgan fingerprint density at radius 3 is 2.71 bits per heavy atom. The summed E-state index contributed by atoms with van der Waals surface area (Å²) in [6.07, 6.45) is 2.48. The molecule has 0 bridgehead atoms. The average Bonchev–Trinajstić information content (AvgIpc) is 2.54. The number of nitrogens with one attached hydrogen (secondary N) is 2. The van der Waals surface area contributed by atoms with E-state index < -0.39 is 15.6 Å². The van der Waals surface area contributed by atoms with Crippen LogP contribution in [0.25, 0.3) is 0 Å². The molecule has 7 heteroatoms. The molecule has 1 rings (SSSR count). The van der Waals surface area contributed by atoms with Crippen LogP contribution in [0.1, 0.15) is 13.8 Å². The first kappa shape index (κ1) is 11.2. The zero-order valence-corrected chi connectivity index (χ0v) is 8.80. The minimum Gasteiger partial charge on any atom is -0.394 e. The summed E-state index contributed by atoms with van der Waals surface area (Å²) in [7, 11) is -3.61.